The maximum atomic E-state index is 6.02. The summed E-state index contributed by atoms with van der Waals surface area (Å²) in [5.74, 6) is 1.56. The second-order valence-corrected chi connectivity index (χ2v) is 5.53. The number of halogens is 1. The number of nitrogens with two attached hydrogens (primary N) is 1. The summed E-state index contributed by atoms with van der Waals surface area (Å²) in [7, 11) is 0. The third-order valence-corrected chi connectivity index (χ3v) is 3.29. The average molecular weight is 310 g/mol. The molecule has 0 aliphatic rings. The van der Waals surface area contributed by atoms with Gasteiger partial charge in [-0.3, -0.25) is 0 Å². The summed E-state index contributed by atoms with van der Waals surface area (Å²) in [6, 6.07) is 7.56. The van der Waals surface area contributed by atoms with Gasteiger partial charge in [0.1, 0.15) is 0 Å². The Bertz CT molecular complexity index is 524. The van der Waals surface area contributed by atoms with E-state index in [2.05, 4.69) is 39.9 Å². The van der Waals surface area contributed by atoms with E-state index in [1.165, 1.54) is 0 Å². The van der Waals surface area contributed by atoms with E-state index in [9.17, 15) is 0 Å². The third kappa shape index (κ3) is 2.97. The Morgan fingerprint density at radius 3 is 2.72 bits per heavy atom. The fourth-order valence-electron chi connectivity index (χ4n) is 1.75. The molecule has 5 heteroatoms. The normalized spacial score (nSPS) is 12.9. The zero-order valence-corrected chi connectivity index (χ0v) is 12.0. The molecule has 0 spiro atoms. The molecule has 1 aromatic heterocycles. The lowest BCUT2D eigenvalue weighted by Gasteiger charge is -2.08. The predicted molar refractivity (Wildman–Crippen MR) is 73.8 cm³/mol. The van der Waals surface area contributed by atoms with Gasteiger partial charge in [0.25, 0.3) is 0 Å². The summed E-state index contributed by atoms with van der Waals surface area (Å²) < 4.78 is 6.17. The van der Waals surface area contributed by atoms with Gasteiger partial charge in [-0.05, 0) is 24.5 Å². The summed E-state index contributed by atoms with van der Waals surface area (Å²) in [5, 5.41) is 3.98. The molecule has 0 saturated heterocycles. The van der Waals surface area contributed by atoms with Crippen molar-refractivity contribution in [1.82, 2.24) is 10.1 Å². The molecule has 1 unspecified atom stereocenters. The fraction of sp³-hybridized carbons (Fsp3) is 0.385. The monoisotopic (exact) mass is 309 g/mol. The number of rotatable bonds is 4. The number of aromatic nitrogens is 2. The van der Waals surface area contributed by atoms with Crippen LogP contribution in [0.15, 0.2) is 33.3 Å². The first-order valence-corrected chi connectivity index (χ1v) is 6.71. The molecule has 0 radical (unpaired) electrons. The van der Waals surface area contributed by atoms with Gasteiger partial charge in [-0.1, -0.05) is 47.1 Å². The summed E-state index contributed by atoms with van der Waals surface area (Å²) in [5.41, 5.74) is 6.92. The van der Waals surface area contributed by atoms with Crippen LogP contribution in [-0.4, -0.2) is 10.1 Å². The van der Waals surface area contributed by atoms with E-state index in [4.69, 9.17) is 10.3 Å². The Kier molecular flexibility index (Phi) is 4.14. The Labute approximate surface area is 115 Å². The lowest BCUT2D eigenvalue weighted by molar-refractivity contribution is 0.335. The maximum absolute atomic E-state index is 6.02. The number of hydrogen-bond donors (Lipinski definition) is 1. The van der Waals surface area contributed by atoms with E-state index in [0.29, 0.717) is 17.6 Å². The van der Waals surface area contributed by atoms with Crippen molar-refractivity contribution in [2.24, 2.45) is 11.7 Å². The molecule has 0 aliphatic heterocycles. The standard InChI is InChI=1S/C13H16BrN3O/c1-8(2)7-11(15)13-16-12(17-18-13)9-5-3-4-6-10(9)14/h3-6,8,11H,7,15H2,1-2H3. The Morgan fingerprint density at radius 1 is 1.33 bits per heavy atom. The molecule has 2 rings (SSSR count). The molecule has 18 heavy (non-hydrogen) atoms. The van der Waals surface area contributed by atoms with Gasteiger partial charge in [0.2, 0.25) is 11.7 Å². The minimum Gasteiger partial charge on any atom is -0.337 e. The Hall–Kier alpha value is -1.20. The molecule has 4 nitrogen and oxygen atoms in total. The van der Waals surface area contributed by atoms with E-state index in [0.717, 1.165) is 16.5 Å². The highest BCUT2D eigenvalue weighted by Crippen LogP contribution is 2.27. The second kappa shape index (κ2) is 5.63. The molecule has 0 saturated carbocycles. The first kappa shape index (κ1) is 13.2. The van der Waals surface area contributed by atoms with Crippen LogP contribution in [0.1, 0.15) is 32.2 Å². The molecule has 2 aromatic rings. The molecule has 0 fully saturated rings. The van der Waals surface area contributed by atoms with Crippen molar-refractivity contribution in [3.8, 4) is 11.4 Å². The third-order valence-electron chi connectivity index (χ3n) is 2.60. The van der Waals surface area contributed by atoms with Gasteiger partial charge in [-0.25, -0.2) is 0 Å². The van der Waals surface area contributed by atoms with Crippen LogP contribution in [0, 0.1) is 5.92 Å². The predicted octanol–water partition coefficient (Wildman–Crippen LogP) is 3.55. The molecule has 0 amide bonds. The van der Waals surface area contributed by atoms with Crippen LogP contribution < -0.4 is 5.73 Å². The van der Waals surface area contributed by atoms with Crippen molar-refractivity contribution in [2.75, 3.05) is 0 Å². The molecule has 0 aliphatic carbocycles. The van der Waals surface area contributed by atoms with E-state index in [1.54, 1.807) is 0 Å². The van der Waals surface area contributed by atoms with Gasteiger partial charge < -0.3 is 10.3 Å². The smallest absolute Gasteiger partial charge is 0.243 e. The summed E-state index contributed by atoms with van der Waals surface area (Å²) in [6.45, 7) is 4.23. The maximum Gasteiger partial charge on any atom is 0.243 e. The highest BCUT2D eigenvalue weighted by molar-refractivity contribution is 9.10. The van der Waals surface area contributed by atoms with Gasteiger partial charge in [-0.15, -0.1) is 0 Å². The summed E-state index contributed by atoms with van der Waals surface area (Å²) in [4.78, 5) is 4.36. The van der Waals surface area contributed by atoms with Gasteiger partial charge in [0, 0.05) is 10.0 Å². The lowest BCUT2D eigenvalue weighted by Crippen LogP contribution is -2.13. The van der Waals surface area contributed by atoms with E-state index < -0.39 is 0 Å². The first-order valence-electron chi connectivity index (χ1n) is 5.92. The fourth-order valence-corrected chi connectivity index (χ4v) is 2.21. The largest absolute Gasteiger partial charge is 0.337 e. The van der Waals surface area contributed by atoms with Gasteiger partial charge in [0.15, 0.2) is 0 Å². The van der Waals surface area contributed by atoms with Crippen LogP contribution in [0.5, 0.6) is 0 Å². The quantitative estimate of drug-likeness (QED) is 0.938. The number of benzene rings is 1. The molecule has 1 heterocycles. The van der Waals surface area contributed by atoms with Crippen molar-refractivity contribution in [3.63, 3.8) is 0 Å². The minimum atomic E-state index is -0.200. The highest BCUT2D eigenvalue weighted by Gasteiger charge is 2.17. The number of nitrogens with zero attached hydrogens (tertiary/aromatic N) is 2. The lowest BCUT2D eigenvalue weighted by atomic mass is 10.0. The SMILES string of the molecule is CC(C)CC(N)c1nc(-c2ccccc2Br)no1. The average Bonchev–Trinajstić information content (AvgIpc) is 2.78. The molecule has 1 atom stereocenters. The molecule has 2 N–H and O–H groups in total. The van der Waals surface area contributed by atoms with Crippen molar-refractivity contribution in [1.29, 1.82) is 0 Å². The van der Waals surface area contributed by atoms with Gasteiger partial charge in [0.05, 0.1) is 6.04 Å². The second-order valence-electron chi connectivity index (χ2n) is 4.67. The van der Waals surface area contributed by atoms with E-state index >= 15 is 0 Å². The van der Waals surface area contributed by atoms with Crippen molar-refractivity contribution in [3.05, 3.63) is 34.6 Å². The van der Waals surface area contributed by atoms with E-state index in [1.807, 2.05) is 24.3 Å². The van der Waals surface area contributed by atoms with Crippen LogP contribution >= 0.6 is 15.9 Å². The van der Waals surface area contributed by atoms with E-state index in [-0.39, 0.29) is 6.04 Å². The van der Waals surface area contributed by atoms with Crippen LogP contribution in [0.25, 0.3) is 11.4 Å². The van der Waals surface area contributed by atoms with Crippen LogP contribution in [0.2, 0.25) is 0 Å². The molecule has 1 aromatic carbocycles. The summed E-state index contributed by atoms with van der Waals surface area (Å²) >= 11 is 3.47. The topological polar surface area (TPSA) is 64.9 Å². The van der Waals surface area contributed by atoms with Gasteiger partial charge >= 0.3 is 0 Å². The van der Waals surface area contributed by atoms with Crippen molar-refractivity contribution >= 4 is 15.9 Å². The number of hydrogen-bond acceptors (Lipinski definition) is 4. The molecular formula is C13H16BrN3O. The van der Waals surface area contributed by atoms with Crippen LogP contribution in [0.3, 0.4) is 0 Å². The van der Waals surface area contributed by atoms with Gasteiger partial charge in [-0.2, -0.15) is 4.98 Å². The molecule has 96 valence electrons. The first-order chi connectivity index (χ1) is 8.58. The van der Waals surface area contributed by atoms with Crippen molar-refractivity contribution < 1.29 is 4.52 Å². The van der Waals surface area contributed by atoms with Crippen molar-refractivity contribution in [2.45, 2.75) is 26.3 Å². The van der Waals surface area contributed by atoms with Crippen LogP contribution in [-0.2, 0) is 0 Å². The zero-order chi connectivity index (χ0) is 13.1. The zero-order valence-electron chi connectivity index (χ0n) is 10.4. The molecule has 0 bridgehead atoms. The Balaban J connectivity index is 2.23. The molecular weight excluding hydrogens is 294 g/mol. The minimum absolute atomic E-state index is 0.200. The highest BCUT2D eigenvalue weighted by atomic mass is 79.9. The van der Waals surface area contributed by atoms with Crippen LogP contribution in [0.4, 0.5) is 0 Å². The summed E-state index contributed by atoms with van der Waals surface area (Å²) in [6.07, 6.45) is 0.831. The Morgan fingerprint density at radius 2 is 2.06 bits per heavy atom.